The summed E-state index contributed by atoms with van der Waals surface area (Å²) in [7, 11) is 1.92. The summed E-state index contributed by atoms with van der Waals surface area (Å²) in [5.41, 5.74) is 1.83. The van der Waals surface area contributed by atoms with E-state index >= 15 is 0 Å². The molecule has 1 aliphatic heterocycles. The second kappa shape index (κ2) is 5.95. The van der Waals surface area contributed by atoms with Crippen LogP contribution < -0.4 is 10.6 Å². The number of nitrogens with one attached hydrogen (secondary N) is 2. The Morgan fingerprint density at radius 2 is 2.40 bits per heavy atom. The molecule has 2 unspecified atom stereocenters. The lowest BCUT2D eigenvalue weighted by molar-refractivity contribution is -0.128. The Morgan fingerprint density at radius 1 is 1.65 bits per heavy atom. The lowest BCUT2D eigenvalue weighted by Gasteiger charge is -2.29. The van der Waals surface area contributed by atoms with Crippen molar-refractivity contribution in [1.82, 2.24) is 20.4 Å². The van der Waals surface area contributed by atoms with E-state index in [-0.39, 0.29) is 17.5 Å². The van der Waals surface area contributed by atoms with E-state index in [1.54, 1.807) is 0 Å². The Morgan fingerprint density at radius 3 is 2.90 bits per heavy atom. The standard InChI is InChI=1S/C15H26N4O/c1-5-7-15(8-6-9-16-15)14(20)18-11(2)13-10-17-19(4)12(13)3/h10-11,16H,5-9H2,1-4H3,(H,18,20). The zero-order valence-corrected chi connectivity index (χ0v) is 13.0. The highest BCUT2D eigenvalue weighted by Gasteiger charge is 2.40. The largest absolute Gasteiger partial charge is 0.348 e. The van der Waals surface area contributed by atoms with Gasteiger partial charge in [0.2, 0.25) is 5.91 Å². The highest BCUT2D eigenvalue weighted by Crippen LogP contribution is 2.26. The molecule has 1 amide bonds. The summed E-state index contributed by atoms with van der Waals surface area (Å²) in [6, 6.07) is -0.00710. The van der Waals surface area contributed by atoms with Crippen LogP contribution in [0.15, 0.2) is 6.20 Å². The van der Waals surface area contributed by atoms with Crippen molar-refractivity contribution in [3.05, 3.63) is 17.5 Å². The summed E-state index contributed by atoms with van der Waals surface area (Å²) in [4.78, 5) is 12.7. The molecule has 1 aromatic rings. The molecule has 0 spiro atoms. The summed E-state index contributed by atoms with van der Waals surface area (Å²) >= 11 is 0. The maximum Gasteiger partial charge on any atom is 0.240 e. The quantitative estimate of drug-likeness (QED) is 0.864. The van der Waals surface area contributed by atoms with Crippen molar-refractivity contribution in [3.63, 3.8) is 0 Å². The molecule has 2 N–H and O–H groups in total. The first-order valence-electron chi connectivity index (χ1n) is 7.54. The van der Waals surface area contributed by atoms with Gasteiger partial charge in [0.05, 0.1) is 17.8 Å². The van der Waals surface area contributed by atoms with E-state index in [0.717, 1.165) is 43.5 Å². The van der Waals surface area contributed by atoms with Gasteiger partial charge >= 0.3 is 0 Å². The first kappa shape index (κ1) is 15.0. The van der Waals surface area contributed by atoms with Crippen LogP contribution in [0.4, 0.5) is 0 Å². The lowest BCUT2D eigenvalue weighted by Crippen LogP contribution is -2.53. The molecule has 1 aliphatic rings. The lowest BCUT2D eigenvalue weighted by atomic mass is 9.90. The third kappa shape index (κ3) is 2.73. The number of amides is 1. The Balaban J connectivity index is 2.08. The normalized spacial score (nSPS) is 23.8. The number of carbonyl (C=O) groups excluding carboxylic acids is 1. The molecule has 5 heteroatoms. The van der Waals surface area contributed by atoms with Crippen molar-refractivity contribution in [1.29, 1.82) is 0 Å². The van der Waals surface area contributed by atoms with E-state index < -0.39 is 0 Å². The molecule has 0 aromatic carbocycles. The minimum atomic E-state index is -0.362. The van der Waals surface area contributed by atoms with E-state index in [2.05, 4.69) is 22.7 Å². The van der Waals surface area contributed by atoms with Crippen LogP contribution in [0.25, 0.3) is 0 Å². The summed E-state index contributed by atoms with van der Waals surface area (Å²) in [6.07, 6.45) is 5.77. The van der Waals surface area contributed by atoms with Gasteiger partial charge in [-0.3, -0.25) is 9.48 Å². The van der Waals surface area contributed by atoms with Crippen LogP contribution in [0.1, 0.15) is 56.8 Å². The average Bonchev–Trinajstić information content (AvgIpc) is 3.00. The van der Waals surface area contributed by atoms with Crippen LogP contribution in [0.3, 0.4) is 0 Å². The predicted molar refractivity (Wildman–Crippen MR) is 79.4 cm³/mol. The van der Waals surface area contributed by atoms with Gasteiger partial charge in [-0.1, -0.05) is 13.3 Å². The molecular formula is C15H26N4O. The van der Waals surface area contributed by atoms with Gasteiger partial charge in [-0.2, -0.15) is 5.10 Å². The molecule has 0 aliphatic carbocycles. The fourth-order valence-corrected chi connectivity index (χ4v) is 3.11. The van der Waals surface area contributed by atoms with Crippen LogP contribution in [0.2, 0.25) is 0 Å². The Kier molecular flexibility index (Phi) is 4.48. The van der Waals surface area contributed by atoms with Crippen LogP contribution >= 0.6 is 0 Å². The fourth-order valence-electron chi connectivity index (χ4n) is 3.11. The first-order chi connectivity index (χ1) is 9.50. The van der Waals surface area contributed by atoms with E-state index in [1.165, 1.54) is 0 Å². The smallest absolute Gasteiger partial charge is 0.240 e. The first-order valence-corrected chi connectivity index (χ1v) is 7.54. The van der Waals surface area contributed by atoms with Gasteiger partial charge in [-0.15, -0.1) is 0 Å². The van der Waals surface area contributed by atoms with E-state index in [9.17, 15) is 4.79 Å². The Hall–Kier alpha value is -1.36. The molecule has 2 rings (SSSR count). The number of hydrogen-bond donors (Lipinski definition) is 2. The zero-order chi connectivity index (χ0) is 14.8. The van der Waals surface area contributed by atoms with Crippen molar-refractivity contribution >= 4 is 5.91 Å². The molecule has 1 aromatic heterocycles. The van der Waals surface area contributed by atoms with Crippen LogP contribution in [0.5, 0.6) is 0 Å². The number of aryl methyl sites for hydroxylation is 1. The van der Waals surface area contributed by atoms with E-state index in [1.807, 2.05) is 31.8 Å². The van der Waals surface area contributed by atoms with Gasteiger partial charge in [-0.05, 0) is 39.7 Å². The summed E-state index contributed by atoms with van der Waals surface area (Å²) in [5, 5.41) is 10.8. The number of rotatable bonds is 5. The number of carbonyl (C=O) groups is 1. The highest BCUT2D eigenvalue weighted by atomic mass is 16.2. The van der Waals surface area contributed by atoms with Gasteiger partial charge in [0.15, 0.2) is 0 Å². The summed E-state index contributed by atoms with van der Waals surface area (Å²) in [6.45, 7) is 7.12. The van der Waals surface area contributed by atoms with Crippen LogP contribution in [-0.4, -0.2) is 27.8 Å². The summed E-state index contributed by atoms with van der Waals surface area (Å²) < 4.78 is 1.84. The molecule has 20 heavy (non-hydrogen) atoms. The third-order valence-corrected chi connectivity index (χ3v) is 4.44. The number of nitrogens with zero attached hydrogens (tertiary/aromatic N) is 2. The van der Waals surface area contributed by atoms with Gasteiger partial charge in [0.1, 0.15) is 0 Å². The minimum Gasteiger partial charge on any atom is -0.348 e. The average molecular weight is 278 g/mol. The van der Waals surface area contributed by atoms with Crippen molar-refractivity contribution in [3.8, 4) is 0 Å². The Labute approximate surface area is 121 Å². The molecule has 2 atom stereocenters. The SMILES string of the molecule is CCCC1(C(=O)NC(C)c2cnn(C)c2C)CCCN1. The van der Waals surface area contributed by atoms with Gasteiger partial charge in [0.25, 0.3) is 0 Å². The predicted octanol–water partition coefficient (Wildman–Crippen LogP) is 1.83. The minimum absolute atomic E-state index is 0.00710. The van der Waals surface area contributed by atoms with Gasteiger partial charge < -0.3 is 10.6 Å². The van der Waals surface area contributed by atoms with Crippen molar-refractivity contribution in [2.75, 3.05) is 6.54 Å². The van der Waals surface area contributed by atoms with E-state index in [4.69, 9.17) is 0 Å². The van der Waals surface area contributed by atoms with Crippen molar-refractivity contribution in [2.45, 2.75) is 58.0 Å². The maximum absolute atomic E-state index is 12.7. The number of hydrogen-bond acceptors (Lipinski definition) is 3. The zero-order valence-electron chi connectivity index (χ0n) is 13.0. The van der Waals surface area contributed by atoms with Gasteiger partial charge in [-0.25, -0.2) is 0 Å². The fraction of sp³-hybridized carbons (Fsp3) is 0.733. The maximum atomic E-state index is 12.7. The molecule has 0 bridgehead atoms. The van der Waals surface area contributed by atoms with Crippen molar-refractivity contribution < 1.29 is 4.79 Å². The van der Waals surface area contributed by atoms with Crippen LogP contribution in [-0.2, 0) is 11.8 Å². The molecule has 112 valence electrons. The number of aromatic nitrogens is 2. The molecule has 2 heterocycles. The Bertz CT molecular complexity index is 474. The van der Waals surface area contributed by atoms with Crippen molar-refractivity contribution in [2.24, 2.45) is 7.05 Å². The highest BCUT2D eigenvalue weighted by molar-refractivity contribution is 5.87. The molecule has 1 saturated heterocycles. The second-order valence-electron chi connectivity index (χ2n) is 5.87. The molecule has 5 nitrogen and oxygen atoms in total. The molecule has 0 saturated carbocycles. The monoisotopic (exact) mass is 278 g/mol. The van der Waals surface area contributed by atoms with Gasteiger partial charge in [0, 0.05) is 18.3 Å². The van der Waals surface area contributed by atoms with E-state index in [0.29, 0.717) is 0 Å². The molecular weight excluding hydrogens is 252 g/mol. The summed E-state index contributed by atoms with van der Waals surface area (Å²) in [5.74, 6) is 0.132. The second-order valence-corrected chi connectivity index (χ2v) is 5.87. The molecule has 0 radical (unpaired) electrons. The van der Waals surface area contributed by atoms with Crippen LogP contribution in [0, 0.1) is 6.92 Å². The topological polar surface area (TPSA) is 59.0 Å². The molecule has 1 fully saturated rings. The third-order valence-electron chi connectivity index (χ3n) is 4.44.